The quantitative estimate of drug-likeness (QED) is 0.516. The molecule has 1 N–H and O–H groups in total. The van der Waals surface area contributed by atoms with Crippen LogP contribution in [0.2, 0.25) is 0 Å². The number of nitrogens with one attached hydrogen (secondary N) is 1. The molecule has 0 spiro atoms. The van der Waals surface area contributed by atoms with E-state index in [1.54, 1.807) is 24.3 Å². The van der Waals surface area contributed by atoms with Crippen LogP contribution in [-0.2, 0) is 9.59 Å². The summed E-state index contributed by atoms with van der Waals surface area (Å²) >= 11 is 0. The molecule has 2 unspecified atom stereocenters. The maximum Gasteiger partial charge on any atom is 0.254 e. The number of rotatable bonds is 4. The number of amides is 2. The molecule has 1 aromatic carbocycles. The van der Waals surface area contributed by atoms with Gasteiger partial charge in [-0.2, -0.15) is 0 Å². The van der Waals surface area contributed by atoms with E-state index in [-0.39, 0.29) is 29.4 Å². The van der Waals surface area contributed by atoms with Crippen molar-refractivity contribution in [3.8, 4) is 11.3 Å². The van der Waals surface area contributed by atoms with Crippen LogP contribution in [0.15, 0.2) is 46.4 Å². The Morgan fingerprint density at radius 3 is 2.46 bits per heavy atom. The average Bonchev–Trinajstić information content (AvgIpc) is 3.07. The predicted octanol–water partition coefficient (Wildman–Crippen LogP) is 3.85. The SMILES string of the molecule is CCC1C(=O)NC(=O)C(=Cc2ccc(-c3ccc(C(C)=O)cc3)o2)C1C. The minimum absolute atomic E-state index is 0.0127. The Balaban J connectivity index is 1.87. The van der Waals surface area contributed by atoms with Gasteiger partial charge in [-0.05, 0) is 37.5 Å². The largest absolute Gasteiger partial charge is 0.457 e. The topological polar surface area (TPSA) is 76.4 Å². The highest BCUT2D eigenvalue weighted by atomic mass is 16.3. The first kappa shape index (κ1) is 17.9. The Hall–Kier alpha value is -2.95. The third-order valence-electron chi connectivity index (χ3n) is 4.87. The molecule has 2 heterocycles. The molecule has 3 rings (SSSR count). The number of piperidine rings is 1. The van der Waals surface area contributed by atoms with Crippen LogP contribution in [0, 0.1) is 11.8 Å². The lowest BCUT2D eigenvalue weighted by atomic mass is 9.81. The standard InChI is InChI=1S/C21H21NO4/c1-4-17-12(2)18(21(25)22-20(17)24)11-16-9-10-19(26-16)15-7-5-14(6-8-15)13(3)23/h5-12,17H,4H2,1-3H3,(H,22,24,25). The molecular weight excluding hydrogens is 330 g/mol. The molecule has 134 valence electrons. The summed E-state index contributed by atoms with van der Waals surface area (Å²) < 4.78 is 5.84. The second-order valence-electron chi connectivity index (χ2n) is 6.56. The molecule has 2 amide bonds. The monoisotopic (exact) mass is 351 g/mol. The minimum Gasteiger partial charge on any atom is -0.457 e. The van der Waals surface area contributed by atoms with Crippen molar-refractivity contribution < 1.29 is 18.8 Å². The fourth-order valence-electron chi connectivity index (χ4n) is 3.27. The van der Waals surface area contributed by atoms with Crippen molar-refractivity contribution in [2.24, 2.45) is 11.8 Å². The van der Waals surface area contributed by atoms with Gasteiger partial charge in [0.05, 0.1) is 0 Å². The van der Waals surface area contributed by atoms with E-state index in [0.717, 1.165) is 5.56 Å². The van der Waals surface area contributed by atoms with Crippen molar-refractivity contribution in [2.45, 2.75) is 27.2 Å². The average molecular weight is 351 g/mol. The summed E-state index contributed by atoms with van der Waals surface area (Å²) in [5, 5.41) is 2.42. The van der Waals surface area contributed by atoms with E-state index in [1.165, 1.54) is 6.92 Å². The van der Waals surface area contributed by atoms with Gasteiger partial charge in [0.25, 0.3) is 5.91 Å². The highest BCUT2D eigenvalue weighted by Crippen LogP contribution is 2.30. The van der Waals surface area contributed by atoms with E-state index in [4.69, 9.17) is 4.42 Å². The van der Waals surface area contributed by atoms with Crippen LogP contribution in [-0.4, -0.2) is 17.6 Å². The summed E-state index contributed by atoms with van der Waals surface area (Å²) in [4.78, 5) is 35.4. The number of hydrogen-bond donors (Lipinski definition) is 1. The normalized spacial score (nSPS) is 21.7. The molecule has 1 aromatic heterocycles. The Labute approximate surface area is 152 Å². The van der Waals surface area contributed by atoms with Gasteiger partial charge in [0.2, 0.25) is 5.91 Å². The van der Waals surface area contributed by atoms with Crippen LogP contribution < -0.4 is 5.32 Å². The lowest BCUT2D eigenvalue weighted by Gasteiger charge is -2.28. The fourth-order valence-corrected chi connectivity index (χ4v) is 3.27. The van der Waals surface area contributed by atoms with E-state index < -0.39 is 0 Å². The predicted molar refractivity (Wildman–Crippen MR) is 98.2 cm³/mol. The van der Waals surface area contributed by atoms with Crippen molar-refractivity contribution in [1.29, 1.82) is 0 Å². The van der Waals surface area contributed by atoms with E-state index in [9.17, 15) is 14.4 Å². The lowest BCUT2D eigenvalue weighted by molar-refractivity contribution is -0.135. The number of hydrogen-bond acceptors (Lipinski definition) is 4. The molecule has 0 radical (unpaired) electrons. The van der Waals surface area contributed by atoms with Gasteiger partial charge in [0, 0.05) is 22.6 Å². The lowest BCUT2D eigenvalue weighted by Crippen LogP contribution is -2.46. The Morgan fingerprint density at radius 1 is 1.15 bits per heavy atom. The molecule has 2 aromatic rings. The van der Waals surface area contributed by atoms with Crippen molar-refractivity contribution in [2.75, 3.05) is 0 Å². The maximum atomic E-state index is 12.2. The summed E-state index contributed by atoms with van der Waals surface area (Å²) in [6.07, 6.45) is 2.37. The molecule has 0 aliphatic carbocycles. The first-order valence-electron chi connectivity index (χ1n) is 8.68. The van der Waals surface area contributed by atoms with Gasteiger partial charge in [-0.25, -0.2) is 0 Å². The molecule has 0 bridgehead atoms. The number of carbonyl (C=O) groups is 3. The van der Waals surface area contributed by atoms with Gasteiger partial charge in [0.15, 0.2) is 5.78 Å². The summed E-state index contributed by atoms with van der Waals surface area (Å²) in [5.41, 5.74) is 2.04. The number of carbonyl (C=O) groups excluding carboxylic acids is 3. The number of benzene rings is 1. The summed E-state index contributed by atoms with van der Waals surface area (Å²) in [6.45, 7) is 5.35. The zero-order chi connectivity index (χ0) is 18.8. The molecule has 1 fully saturated rings. The van der Waals surface area contributed by atoms with Crippen LogP contribution in [0.3, 0.4) is 0 Å². The second-order valence-corrected chi connectivity index (χ2v) is 6.56. The Kier molecular flexibility index (Phi) is 4.89. The van der Waals surface area contributed by atoms with E-state index in [1.807, 2.05) is 32.0 Å². The number of furan rings is 1. The number of ketones is 1. The molecule has 0 saturated carbocycles. The molecule has 5 nitrogen and oxygen atoms in total. The summed E-state index contributed by atoms with van der Waals surface area (Å²) in [7, 11) is 0. The molecule has 2 atom stereocenters. The van der Waals surface area contributed by atoms with E-state index in [0.29, 0.717) is 29.1 Å². The van der Waals surface area contributed by atoms with Crippen molar-refractivity contribution >= 4 is 23.7 Å². The van der Waals surface area contributed by atoms with Gasteiger partial charge in [-0.15, -0.1) is 0 Å². The highest BCUT2D eigenvalue weighted by Gasteiger charge is 2.35. The van der Waals surface area contributed by atoms with Crippen molar-refractivity contribution in [3.63, 3.8) is 0 Å². The second kappa shape index (κ2) is 7.12. The molecule has 1 aliphatic rings. The van der Waals surface area contributed by atoms with Gasteiger partial charge in [-0.1, -0.05) is 38.1 Å². The number of Topliss-reactive ketones (excluding diaryl/α,β-unsaturated/α-hetero) is 1. The molecular formula is C21H21NO4. The van der Waals surface area contributed by atoms with Crippen LogP contribution in [0.25, 0.3) is 17.4 Å². The Morgan fingerprint density at radius 2 is 1.85 bits per heavy atom. The van der Waals surface area contributed by atoms with Crippen LogP contribution in [0.5, 0.6) is 0 Å². The first-order chi connectivity index (χ1) is 12.4. The zero-order valence-electron chi connectivity index (χ0n) is 15.0. The smallest absolute Gasteiger partial charge is 0.254 e. The van der Waals surface area contributed by atoms with Gasteiger partial charge in [0.1, 0.15) is 11.5 Å². The van der Waals surface area contributed by atoms with E-state index >= 15 is 0 Å². The highest BCUT2D eigenvalue weighted by molar-refractivity contribution is 6.10. The third-order valence-corrected chi connectivity index (χ3v) is 4.87. The molecule has 1 saturated heterocycles. The van der Waals surface area contributed by atoms with Gasteiger partial charge >= 0.3 is 0 Å². The summed E-state index contributed by atoms with van der Waals surface area (Å²) in [5.74, 6) is 0.260. The fraction of sp³-hybridized carbons (Fsp3) is 0.286. The molecule has 26 heavy (non-hydrogen) atoms. The van der Waals surface area contributed by atoms with Gasteiger partial charge in [-0.3, -0.25) is 19.7 Å². The zero-order valence-corrected chi connectivity index (χ0v) is 15.0. The van der Waals surface area contributed by atoms with Crippen molar-refractivity contribution in [1.82, 2.24) is 5.32 Å². The summed E-state index contributed by atoms with van der Waals surface area (Å²) in [6, 6.07) is 10.8. The van der Waals surface area contributed by atoms with Gasteiger partial charge < -0.3 is 4.42 Å². The first-order valence-corrected chi connectivity index (χ1v) is 8.68. The van der Waals surface area contributed by atoms with Crippen LogP contribution in [0.1, 0.15) is 43.3 Å². The Bertz CT molecular complexity index is 889. The maximum absolute atomic E-state index is 12.2. The molecule has 5 heteroatoms. The van der Waals surface area contributed by atoms with Crippen LogP contribution >= 0.6 is 0 Å². The van der Waals surface area contributed by atoms with Crippen molar-refractivity contribution in [3.05, 3.63) is 53.3 Å². The minimum atomic E-state index is -0.365. The molecule has 1 aliphatic heterocycles. The number of imide groups is 1. The van der Waals surface area contributed by atoms with E-state index in [2.05, 4.69) is 5.32 Å². The van der Waals surface area contributed by atoms with Crippen LogP contribution in [0.4, 0.5) is 0 Å². The third kappa shape index (κ3) is 3.38.